The van der Waals surface area contributed by atoms with Crippen LogP contribution in [0.1, 0.15) is 31.7 Å². The summed E-state index contributed by atoms with van der Waals surface area (Å²) < 4.78 is 1.20. The molecule has 1 nitrogen and oxygen atoms in total. The van der Waals surface area contributed by atoms with Crippen LogP contribution in [0.5, 0.6) is 0 Å². The van der Waals surface area contributed by atoms with Gasteiger partial charge in [-0.25, -0.2) is 0 Å². The lowest BCUT2D eigenvalue weighted by atomic mass is 9.83. The maximum atomic E-state index is 9.54. The molecular formula is C10H13BrOS. The molecule has 0 amide bonds. The number of aliphatic hydroxyl groups is 1. The number of hydrogen-bond donors (Lipinski definition) is 1. The Kier molecular flexibility index (Phi) is 2.51. The highest BCUT2D eigenvalue weighted by Gasteiger charge is 2.37. The molecule has 0 radical (unpaired) electrons. The first-order chi connectivity index (χ1) is 6.12. The summed E-state index contributed by atoms with van der Waals surface area (Å²) in [5.41, 5.74) is 1.56. The summed E-state index contributed by atoms with van der Waals surface area (Å²) in [4.78, 5) is 0. The number of hydrogen-bond acceptors (Lipinski definition) is 2. The zero-order valence-corrected chi connectivity index (χ0v) is 9.99. The Bertz CT molecular complexity index is 310. The topological polar surface area (TPSA) is 20.2 Å². The van der Waals surface area contributed by atoms with Gasteiger partial charge in [-0.05, 0) is 51.6 Å². The summed E-state index contributed by atoms with van der Waals surface area (Å²) in [6.07, 6.45) is 2.85. The van der Waals surface area contributed by atoms with Crippen molar-refractivity contribution in [1.29, 1.82) is 0 Å². The minimum absolute atomic E-state index is 0.100. The van der Waals surface area contributed by atoms with Crippen molar-refractivity contribution in [2.75, 3.05) is 0 Å². The number of rotatable bonds is 1. The molecular weight excluding hydrogens is 248 g/mol. The van der Waals surface area contributed by atoms with E-state index in [4.69, 9.17) is 0 Å². The molecule has 0 aromatic carbocycles. The molecule has 0 saturated heterocycles. The first-order valence-electron chi connectivity index (χ1n) is 4.52. The van der Waals surface area contributed by atoms with E-state index >= 15 is 0 Å². The maximum Gasteiger partial charge on any atom is 0.0549 e. The van der Waals surface area contributed by atoms with Crippen molar-refractivity contribution in [3.05, 3.63) is 20.8 Å². The molecule has 1 fully saturated rings. The third-order valence-electron chi connectivity index (χ3n) is 2.98. The van der Waals surface area contributed by atoms with Crippen LogP contribution >= 0.6 is 27.3 Å². The van der Waals surface area contributed by atoms with E-state index in [2.05, 4.69) is 33.6 Å². The molecule has 1 aromatic heterocycles. The van der Waals surface area contributed by atoms with E-state index in [0.717, 1.165) is 19.3 Å². The van der Waals surface area contributed by atoms with Crippen LogP contribution in [-0.2, 0) is 5.41 Å². The Balaban J connectivity index is 2.30. The largest absolute Gasteiger partial charge is 0.393 e. The summed E-state index contributed by atoms with van der Waals surface area (Å²) >= 11 is 5.28. The molecule has 1 saturated carbocycles. The highest BCUT2D eigenvalue weighted by Crippen LogP contribution is 2.44. The molecule has 1 heterocycles. The van der Waals surface area contributed by atoms with Crippen LogP contribution in [0.2, 0.25) is 0 Å². The zero-order valence-electron chi connectivity index (χ0n) is 7.59. The predicted octanol–water partition coefficient (Wildman–Crippen LogP) is 3.31. The lowest BCUT2D eigenvalue weighted by molar-refractivity contribution is 0.175. The zero-order chi connectivity index (χ0) is 9.47. The van der Waals surface area contributed by atoms with Gasteiger partial charge in [-0.3, -0.25) is 0 Å². The smallest absolute Gasteiger partial charge is 0.0549 e. The molecule has 1 aliphatic rings. The molecule has 0 aliphatic heterocycles. The number of thiophene rings is 1. The fraction of sp³-hybridized carbons (Fsp3) is 0.600. The van der Waals surface area contributed by atoms with E-state index < -0.39 is 0 Å². The van der Waals surface area contributed by atoms with Gasteiger partial charge in [0.25, 0.3) is 0 Å². The summed E-state index contributed by atoms with van der Waals surface area (Å²) in [5, 5.41) is 13.9. The van der Waals surface area contributed by atoms with Crippen LogP contribution in [-0.4, -0.2) is 11.2 Å². The minimum Gasteiger partial charge on any atom is -0.393 e. The second kappa shape index (κ2) is 3.37. The Morgan fingerprint density at radius 2 is 2.38 bits per heavy atom. The second-order valence-corrected chi connectivity index (χ2v) is 5.69. The van der Waals surface area contributed by atoms with Crippen molar-refractivity contribution in [2.24, 2.45) is 0 Å². The SMILES string of the molecule is CC1(c2cscc2Br)CCC(O)C1. The molecule has 1 aromatic rings. The van der Waals surface area contributed by atoms with E-state index in [9.17, 15) is 5.11 Å². The highest BCUT2D eigenvalue weighted by atomic mass is 79.9. The first-order valence-corrected chi connectivity index (χ1v) is 6.26. The third kappa shape index (κ3) is 1.69. The Labute approximate surface area is 90.9 Å². The summed E-state index contributed by atoms with van der Waals surface area (Å²) in [5.74, 6) is 0. The Morgan fingerprint density at radius 3 is 2.85 bits per heavy atom. The van der Waals surface area contributed by atoms with Crippen molar-refractivity contribution in [3.8, 4) is 0 Å². The molecule has 2 atom stereocenters. The van der Waals surface area contributed by atoms with Gasteiger partial charge < -0.3 is 5.11 Å². The van der Waals surface area contributed by atoms with Crippen molar-refractivity contribution in [2.45, 2.75) is 37.7 Å². The third-order valence-corrected chi connectivity index (χ3v) is 4.68. The first kappa shape index (κ1) is 9.69. The fourth-order valence-corrected chi connectivity index (χ4v) is 4.10. The summed E-state index contributed by atoms with van der Waals surface area (Å²) in [6.45, 7) is 2.25. The quantitative estimate of drug-likeness (QED) is 0.822. The van der Waals surface area contributed by atoms with Gasteiger partial charge in [-0.15, -0.1) is 0 Å². The number of halogens is 1. The van der Waals surface area contributed by atoms with Crippen LogP contribution in [0, 0.1) is 0 Å². The van der Waals surface area contributed by atoms with Gasteiger partial charge in [0.1, 0.15) is 0 Å². The van der Waals surface area contributed by atoms with E-state index in [0.29, 0.717) is 0 Å². The van der Waals surface area contributed by atoms with Crippen LogP contribution in [0.25, 0.3) is 0 Å². The standard InChI is InChI=1S/C10H13BrOS/c1-10(3-2-7(12)4-10)8-5-13-6-9(8)11/h5-7,12H,2-4H2,1H3. The molecule has 13 heavy (non-hydrogen) atoms. The monoisotopic (exact) mass is 260 g/mol. The summed E-state index contributed by atoms with van der Waals surface area (Å²) in [6, 6.07) is 0. The van der Waals surface area contributed by atoms with Crippen LogP contribution in [0.15, 0.2) is 15.2 Å². The van der Waals surface area contributed by atoms with Gasteiger partial charge in [0.2, 0.25) is 0 Å². The predicted molar refractivity (Wildman–Crippen MR) is 59.2 cm³/mol. The molecule has 0 bridgehead atoms. The molecule has 1 aliphatic carbocycles. The van der Waals surface area contributed by atoms with Gasteiger partial charge in [0, 0.05) is 9.85 Å². The van der Waals surface area contributed by atoms with Crippen molar-refractivity contribution < 1.29 is 5.11 Å². The lowest BCUT2D eigenvalue weighted by Crippen LogP contribution is -2.18. The molecule has 72 valence electrons. The van der Waals surface area contributed by atoms with Gasteiger partial charge >= 0.3 is 0 Å². The minimum atomic E-state index is -0.100. The van der Waals surface area contributed by atoms with Crippen LogP contribution in [0.4, 0.5) is 0 Å². The van der Waals surface area contributed by atoms with E-state index in [1.54, 1.807) is 11.3 Å². The average molecular weight is 261 g/mol. The Hall–Kier alpha value is 0.140. The van der Waals surface area contributed by atoms with Crippen LogP contribution in [0.3, 0.4) is 0 Å². The molecule has 0 spiro atoms. The van der Waals surface area contributed by atoms with Crippen LogP contribution < -0.4 is 0 Å². The maximum absolute atomic E-state index is 9.54. The fourth-order valence-electron chi connectivity index (χ4n) is 2.17. The summed E-state index contributed by atoms with van der Waals surface area (Å²) in [7, 11) is 0. The van der Waals surface area contributed by atoms with Crippen molar-refractivity contribution in [1.82, 2.24) is 0 Å². The highest BCUT2D eigenvalue weighted by molar-refractivity contribution is 9.10. The number of aliphatic hydroxyl groups excluding tert-OH is 1. The molecule has 2 rings (SSSR count). The Morgan fingerprint density at radius 1 is 1.62 bits per heavy atom. The van der Waals surface area contributed by atoms with Crippen molar-refractivity contribution in [3.63, 3.8) is 0 Å². The van der Waals surface area contributed by atoms with E-state index in [1.165, 1.54) is 10.0 Å². The lowest BCUT2D eigenvalue weighted by Gasteiger charge is -2.23. The van der Waals surface area contributed by atoms with Crippen molar-refractivity contribution >= 4 is 27.3 Å². The normalized spacial score (nSPS) is 33.9. The molecule has 3 heteroatoms. The van der Waals surface area contributed by atoms with Gasteiger partial charge in [0.05, 0.1) is 6.10 Å². The van der Waals surface area contributed by atoms with E-state index in [-0.39, 0.29) is 11.5 Å². The van der Waals surface area contributed by atoms with Gasteiger partial charge in [-0.2, -0.15) is 11.3 Å². The van der Waals surface area contributed by atoms with Gasteiger partial charge in [-0.1, -0.05) is 6.92 Å². The molecule has 2 unspecified atom stereocenters. The molecule has 1 N–H and O–H groups in total. The van der Waals surface area contributed by atoms with E-state index in [1.807, 2.05) is 0 Å². The average Bonchev–Trinajstić information content (AvgIpc) is 2.59. The van der Waals surface area contributed by atoms with Gasteiger partial charge in [0.15, 0.2) is 0 Å². The second-order valence-electron chi connectivity index (χ2n) is 4.09.